The van der Waals surface area contributed by atoms with Gasteiger partial charge >= 0.3 is 5.97 Å². The molecule has 184 valence electrons. The monoisotopic (exact) mass is 547 g/mol. The first-order valence-electron chi connectivity index (χ1n) is 10.5. The standard InChI is InChI=1S/C23H24Cl3NO6S/c1-3-18(13-34(26,30)31)27-21(14-7-9-16(24)10-8-14)22(15-5-4-6-17(25)11-15)33-19(23(27)29)12-20(28)32-2/h4-11,18-19,21-22H,3,12-13H2,1-2H3. The minimum Gasteiger partial charge on any atom is -0.469 e. The molecule has 0 spiro atoms. The van der Waals surface area contributed by atoms with Crippen LogP contribution < -0.4 is 0 Å². The molecule has 1 fully saturated rings. The van der Waals surface area contributed by atoms with Crippen LogP contribution in [0.3, 0.4) is 0 Å². The summed E-state index contributed by atoms with van der Waals surface area (Å²) in [6.45, 7) is 1.76. The predicted molar refractivity (Wildman–Crippen MR) is 130 cm³/mol. The first-order chi connectivity index (χ1) is 16.0. The Kier molecular flexibility index (Phi) is 8.87. The molecule has 11 heteroatoms. The zero-order valence-corrected chi connectivity index (χ0v) is 21.6. The Hall–Kier alpha value is -1.84. The van der Waals surface area contributed by atoms with E-state index in [0.717, 1.165) is 0 Å². The van der Waals surface area contributed by atoms with Crippen molar-refractivity contribution >= 4 is 54.8 Å². The molecule has 34 heavy (non-hydrogen) atoms. The van der Waals surface area contributed by atoms with Crippen LogP contribution in [-0.2, 0) is 28.1 Å². The molecule has 2 aromatic rings. The van der Waals surface area contributed by atoms with E-state index in [-0.39, 0.29) is 6.42 Å². The van der Waals surface area contributed by atoms with Gasteiger partial charge in [0, 0.05) is 26.8 Å². The van der Waals surface area contributed by atoms with Gasteiger partial charge in [0.1, 0.15) is 12.2 Å². The molecule has 2 aromatic carbocycles. The van der Waals surface area contributed by atoms with Crippen LogP contribution in [0.5, 0.6) is 0 Å². The maximum atomic E-state index is 13.7. The molecule has 1 saturated heterocycles. The van der Waals surface area contributed by atoms with Crippen molar-refractivity contribution in [1.29, 1.82) is 0 Å². The fraction of sp³-hybridized carbons (Fsp3) is 0.391. The van der Waals surface area contributed by atoms with Crippen LogP contribution in [0.1, 0.15) is 43.0 Å². The molecule has 1 aliphatic rings. The van der Waals surface area contributed by atoms with Crippen molar-refractivity contribution in [2.75, 3.05) is 12.9 Å². The molecular weight excluding hydrogens is 525 g/mol. The summed E-state index contributed by atoms with van der Waals surface area (Å²) in [5.41, 5.74) is 1.33. The van der Waals surface area contributed by atoms with E-state index in [2.05, 4.69) is 0 Å². The molecule has 7 nitrogen and oxygen atoms in total. The summed E-state index contributed by atoms with van der Waals surface area (Å²) in [7, 11) is 2.86. The van der Waals surface area contributed by atoms with E-state index in [0.29, 0.717) is 27.6 Å². The molecule has 0 N–H and O–H groups in total. The van der Waals surface area contributed by atoms with Gasteiger partial charge in [0.2, 0.25) is 9.05 Å². The Morgan fingerprint density at radius 2 is 1.79 bits per heavy atom. The number of nitrogens with zero attached hydrogens (tertiary/aromatic N) is 1. The van der Waals surface area contributed by atoms with Gasteiger partial charge in [-0.05, 0) is 41.8 Å². The maximum Gasteiger partial charge on any atom is 0.308 e. The van der Waals surface area contributed by atoms with E-state index in [1.807, 2.05) is 0 Å². The normalized spacial score (nSPS) is 21.9. The second-order valence-corrected chi connectivity index (χ2v) is 11.6. The van der Waals surface area contributed by atoms with Crippen LogP contribution in [0, 0.1) is 0 Å². The lowest BCUT2D eigenvalue weighted by Crippen LogP contribution is -2.56. The molecule has 1 heterocycles. The molecule has 0 aromatic heterocycles. The highest BCUT2D eigenvalue weighted by molar-refractivity contribution is 8.13. The van der Waals surface area contributed by atoms with Crippen LogP contribution in [0.25, 0.3) is 0 Å². The number of benzene rings is 2. The Morgan fingerprint density at radius 1 is 1.12 bits per heavy atom. The van der Waals surface area contributed by atoms with Crippen molar-refractivity contribution in [3.8, 4) is 0 Å². The lowest BCUT2D eigenvalue weighted by atomic mass is 9.89. The summed E-state index contributed by atoms with van der Waals surface area (Å²) in [6.07, 6.45) is -1.98. The van der Waals surface area contributed by atoms with E-state index in [1.54, 1.807) is 55.5 Å². The third-order valence-corrected chi connectivity index (χ3v) is 7.30. The van der Waals surface area contributed by atoms with Crippen LogP contribution in [0.4, 0.5) is 0 Å². The summed E-state index contributed by atoms with van der Waals surface area (Å²) in [4.78, 5) is 27.2. The Morgan fingerprint density at radius 3 is 2.35 bits per heavy atom. The zero-order chi connectivity index (χ0) is 25.0. The number of hydrogen-bond acceptors (Lipinski definition) is 6. The number of ether oxygens (including phenoxy) is 2. The van der Waals surface area contributed by atoms with Gasteiger partial charge in [-0.25, -0.2) is 8.42 Å². The van der Waals surface area contributed by atoms with Gasteiger partial charge in [-0.15, -0.1) is 0 Å². The van der Waals surface area contributed by atoms with Crippen LogP contribution in [-0.4, -0.2) is 50.2 Å². The second-order valence-electron chi connectivity index (χ2n) is 7.89. The van der Waals surface area contributed by atoms with Gasteiger partial charge in [0.05, 0.1) is 25.3 Å². The van der Waals surface area contributed by atoms with Gasteiger partial charge in [0.15, 0.2) is 0 Å². The minimum absolute atomic E-state index is 0.301. The van der Waals surface area contributed by atoms with E-state index >= 15 is 0 Å². The largest absolute Gasteiger partial charge is 0.469 e. The second kappa shape index (κ2) is 11.3. The number of halogens is 3. The quantitative estimate of drug-likeness (QED) is 0.344. The lowest BCUT2D eigenvalue weighted by molar-refractivity contribution is -0.183. The van der Waals surface area contributed by atoms with Gasteiger partial charge in [-0.1, -0.05) is 54.4 Å². The average molecular weight is 549 g/mol. The topological polar surface area (TPSA) is 90.0 Å². The smallest absolute Gasteiger partial charge is 0.308 e. The predicted octanol–water partition coefficient (Wildman–Crippen LogP) is 4.91. The number of rotatable bonds is 8. The molecule has 1 amide bonds. The Labute approximate surface area is 213 Å². The number of carbonyl (C=O) groups is 2. The van der Waals surface area contributed by atoms with Gasteiger partial charge in [0.25, 0.3) is 5.91 Å². The van der Waals surface area contributed by atoms with E-state index in [9.17, 15) is 18.0 Å². The van der Waals surface area contributed by atoms with Crippen molar-refractivity contribution < 1.29 is 27.5 Å². The first kappa shape index (κ1) is 26.8. The van der Waals surface area contributed by atoms with Gasteiger partial charge < -0.3 is 14.4 Å². The number of hydrogen-bond donors (Lipinski definition) is 0. The number of morpholine rings is 1. The van der Waals surface area contributed by atoms with E-state index in [4.69, 9.17) is 43.4 Å². The van der Waals surface area contributed by atoms with E-state index in [1.165, 1.54) is 12.0 Å². The van der Waals surface area contributed by atoms with Crippen molar-refractivity contribution in [3.63, 3.8) is 0 Å². The number of amides is 1. The fourth-order valence-corrected chi connectivity index (χ4v) is 5.72. The molecule has 1 aliphatic heterocycles. The maximum absolute atomic E-state index is 13.7. The van der Waals surface area contributed by atoms with Crippen LogP contribution >= 0.6 is 33.9 Å². The summed E-state index contributed by atoms with van der Waals surface area (Å²) < 4.78 is 35.0. The number of methoxy groups -OCH3 is 1. The third-order valence-electron chi connectivity index (χ3n) is 5.65. The van der Waals surface area contributed by atoms with Crippen molar-refractivity contribution in [1.82, 2.24) is 4.90 Å². The van der Waals surface area contributed by atoms with Crippen molar-refractivity contribution in [3.05, 3.63) is 69.7 Å². The minimum atomic E-state index is -3.95. The van der Waals surface area contributed by atoms with Gasteiger partial charge in [-0.2, -0.15) is 0 Å². The molecule has 0 aliphatic carbocycles. The summed E-state index contributed by atoms with van der Waals surface area (Å²) >= 11 is 12.3. The molecule has 0 radical (unpaired) electrons. The highest BCUT2D eigenvalue weighted by Crippen LogP contribution is 2.44. The van der Waals surface area contributed by atoms with E-state index < -0.39 is 51.0 Å². The van der Waals surface area contributed by atoms with Crippen LogP contribution in [0.15, 0.2) is 48.5 Å². The fourth-order valence-electron chi connectivity index (χ4n) is 4.10. The molecule has 0 saturated carbocycles. The highest BCUT2D eigenvalue weighted by Gasteiger charge is 2.47. The summed E-state index contributed by atoms with van der Waals surface area (Å²) in [6, 6.07) is 12.3. The van der Waals surface area contributed by atoms with Crippen molar-refractivity contribution in [2.45, 2.75) is 44.1 Å². The molecule has 3 rings (SSSR count). The van der Waals surface area contributed by atoms with Crippen molar-refractivity contribution in [2.24, 2.45) is 0 Å². The molecule has 4 unspecified atom stereocenters. The summed E-state index contributed by atoms with van der Waals surface area (Å²) in [5.74, 6) is -1.63. The molecule has 0 bridgehead atoms. The molecular formula is C23H24Cl3NO6S. The highest BCUT2D eigenvalue weighted by atomic mass is 35.7. The van der Waals surface area contributed by atoms with Gasteiger partial charge in [-0.3, -0.25) is 9.59 Å². The third kappa shape index (κ3) is 6.43. The first-order valence-corrected chi connectivity index (χ1v) is 13.7. The zero-order valence-electron chi connectivity index (χ0n) is 18.5. The number of esters is 1. The SMILES string of the molecule is CCC(CS(=O)(=O)Cl)N1C(=O)C(CC(=O)OC)OC(c2cccc(Cl)c2)C1c1ccc(Cl)cc1. The average Bonchev–Trinajstić information content (AvgIpc) is 2.78. The lowest BCUT2D eigenvalue weighted by Gasteiger charge is -2.47. The summed E-state index contributed by atoms with van der Waals surface area (Å²) in [5, 5.41) is 0.955. The molecule has 4 atom stereocenters. The Bertz CT molecular complexity index is 1140. The van der Waals surface area contributed by atoms with Crippen LogP contribution in [0.2, 0.25) is 10.0 Å². The Balaban J connectivity index is 2.20. The number of carbonyl (C=O) groups excluding carboxylic acids is 2.